The molecule has 0 fully saturated rings. The Morgan fingerprint density at radius 1 is 1.38 bits per heavy atom. The van der Waals surface area contributed by atoms with E-state index in [1.807, 2.05) is 41.9 Å². The van der Waals surface area contributed by atoms with Crippen molar-refractivity contribution in [1.29, 1.82) is 0 Å². The Bertz CT molecular complexity index is 778. The average Bonchev–Trinajstić information content (AvgIpc) is 3.14. The molecule has 0 aliphatic heterocycles. The van der Waals surface area contributed by atoms with Crippen molar-refractivity contribution < 1.29 is 13.9 Å². The summed E-state index contributed by atoms with van der Waals surface area (Å²) >= 11 is 1.57. The molecule has 0 aliphatic rings. The van der Waals surface area contributed by atoms with E-state index in [0.717, 1.165) is 10.7 Å². The number of hydrogen-bond acceptors (Lipinski definition) is 5. The summed E-state index contributed by atoms with van der Waals surface area (Å²) < 4.78 is 12.2. The lowest BCUT2D eigenvalue weighted by molar-refractivity contribution is 0.0563. The van der Waals surface area contributed by atoms with Crippen LogP contribution in [0.4, 0.5) is 0 Å². The van der Waals surface area contributed by atoms with Crippen LogP contribution in [0.1, 0.15) is 28.5 Å². The van der Waals surface area contributed by atoms with Crippen molar-refractivity contribution >= 4 is 23.2 Å². The molecule has 0 aromatic carbocycles. The van der Waals surface area contributed by atoms with Crippen LogP contribution in [0.5, 0.6) is 0 Å². The van der Waals surface area contributed by atoms with Gasteiger partial charge >= 0.3 is 5.97 Å². The quantitative estimate of drug-likeness (QED) is 0.545. The van der Waals surface area contributed by atoms with Crippen LogP contribution in [-0.4, -0.2) is 22.5 Å². The summed E-state index contributed by atoms with van der Waals surface area (Å²) in [6.07, 6.45) is 3.80. The molecule has 0 N–H and O–H groups in total. The normalized spacial score (nSPS) is 12.5. The molecule has 6 heteroatoms. The second-order valence-corrected chi connectivity index (χ2v) is 5.80. The number of esters is 1. The summed E-state index contributed by atoms with van der Waals surface area (Å²) in [4.78, 5) is 15.8. The number of carbonyl (C=O) groups is 1. The van der Waals surface area contributed by atoms with Gasteiger partial charge in [-0.25, -0.2) is 9.78 Å². The number of thioether (sulfide) groups is 1. The number of rotatable bonds is 4. The fraction of sp³-hybridized carbons (Fsp3) is 0.200. The summed E-state index contributed by atoms with van der Waals surface area (Å²) in [5.74, 6) is 0.464. The highest BCUT2D eigenvalue weighted by atomic mass is 32.2. The van der Waals surface area contributed by atoms with Crippen LogP contribution >= 0.6 is 11.8 Å². The number of nitrogens with zero attached hydrogens (tertiary/aromatic N) is 2. The first kappa shape index (κ1) is 13.8. The molecular weight excluding hydrogens is 288 g/mol. The fourth-order valence-electron chi connectivity index (χ4n) is 2.00. The number of pyridine rings is 1. The lowest BCUT2D eigenvalue weighted by atomic mass is 10.3. The Labute approximate surface area is 125 Å². The van der Waals surface area contributed by atoms with Gasteiger partial charge in [0.05, 0.1) is 24.1 Å². The van der Waals surface area contributed by atoms with E-state index in [4.69, 9.17) is 4.42 Å². The Kier molecular flexibility index (Phi) is 3.70. The molecule has 1 unspecified atom stereocenters. The van der Waals surface area contributed by atoms with Gasteiger partial charge in [-0.15, -0.1) is 0 Å². The average molecular weight is 302 g/mol. The van der Waals surface area contributed by atoms with Crippen molar-refractivity contribution in [2.24, 2.45) is 0 Å². The van der Waals surface area contributed by atoms with Gasteiger partial charge in [0.15, 0.2) is 5.16 Å². The van der Waals surface area contributed by atoms with Gasteiger partial charge in [-0.1, -0.05) is 17.8 Å². The first-order valence-electron chi connectivity index (χ1n) is 6.46. The van der Waals surface area contributed by atoms with E-state index in [9.17, 15) is 4.79 Å². The Morgan fingerprint density at radius 3 is 3.05 bits per heavy atom. The van der Waals surface area contributed by atoms with Crippen LogP contribution in [0.25, 0.3) is 5.52 Å². The minimum atomic E-state index is -0.468. The lowest BCUT2D eigenvalue weighted by Gasteiger charge is -2.07. The van der Waals surface area contributed by atoms with Crippen LogP contribution in [0, 0.1) is 0 Å². The van der Waals surface area contributed by atoms with Crippen molar-refractivity contribution in [3.8, 4) is 0 Å². The molecular formula is C15H14N2O3S. The standard InChI is InChI=1S/C15H14N2O3S/c1-10(12-6-7-13(20-12)14(18)19-2)21-15-16-9-11-5-3-4-8-17(11)15/h3-10H,1-2H3. The van der Waals surface area contributed by atoms with Crippen LogP contribution in [0.15, 0.2) is 52.3 Å². The molecule has 0 radical (unpaired) electrons. The van der Waals surface area contributed by atoms with Crippen molar-refractivity contribution in [3.05, 3.63) is 54.2 Å². The third kappa shape index (κ3) is 2.67. The summed E-state index contributed by atoms with van der Waals surface area (Å²) in [6.45, 7) is 2.01. The first-order valence-corrected chi connectivity index (χ1v) is 7.34. The minimum Gasteiger partial charge on any atom is -0.463 e. The Balaban J connectivity index is 1.81. The summed E-state index contributed by atoms with van der Waals surface area (Å²) in [7, 11) is 1.33. The van der Waals surface area contributed by atoms with Gasteiger partial charge in [0, 0.05) is 6.20 Å². The maximum absolute atomic E-state index is 11.4. The summed E-state index contributed by atoms with van der Waals surface area (Å²) in [5.41, 5.74) is 1.04. The van der Waals surface area contributed by atoms with Gasteiger partial charge in [0.1, 0.15) is 5.76 Å². The van der Waals surface area contributed by atoms with E-state index >= 15 is 0 Å². The van der Waals surface area contributed by atoms with Crippen molar-refractivity contribution in [3.63, 3.8) is 0 Å². The number of fused-ring (bicyclic) bond motifs is 1. The van der Waals surface area contributed by atoms with Gasteiger partial charge in [-0.2, -0.15) is 0 Å². The predicted molar refractivity (Wildman–Crippen MR) is 79.5 cm³/mol. The third-order valence-corrected chi connectivity index (χ3v) is 4.20. The van der Waals surface area contributed by atoms with Crippen LogP contribution in [0.2, 0.25) is 0 Å². The van der Waals surface area contributed by atoms with Crippen LogP contribution < -0.4 is 0 Å². The molecule has 0 aliphatic carbocycles. The molecule has 3 aromatic heterocycles. The number of aromatic nitrogens is 2. The van der Waals surface area contributed by atoms with E-state index in [0.29, 0.717) is 5.76 Å². The van der Waals surface area contributed by atoms with Crippen molar-refractivity contribution in [2.45, 2.75) is 17.3 Å². The first-order chi connectivity index (χ1) is 10.2. The Morgan fingerprint density at radius 2 is 2.24 bits per heavy atom. The monoisotopic (exact) mass is 302 g/mol. The van der Waals surface area contributed by atoms with Crippen LogP contribution in [-0.2, 0) is 4.74 Å². The van der Waals surface area contributed by atoms with Gasteiger partial charge in [-0.3, -0.25) is 4.40 Å². The van der Waals surface area contributed by atoms with Gasteiger partial charge in [-0.05, 0) is 31.2 Å². The number of hydrogen-bond donors (Lipinski definition) is 0. The van der Waals surface area contributed by atoms with Gasteiger partial charge in [0.25, 0.3) is 0 Å². The molecule has 0 saturated heterocycles. The highest BCUT2D eigenvalue weighted by Crippen LogP contribution is 2.35. The second-order valence-electron chi connectivity index (χ2n) is 4.49. The lowest BCUT2D eigenvalue weighted by Crippen LogP contribution is -1.98. The number of furan rings is 1. The van der Waals surface area contributed by atoms with Gasteiger partial charge < -0.3 is 9.15 Å². The molecule has 0 saturated carbocycles. The van der Waals surface area contributed by atoms with E-state index in [1.54, 1.807) is 23.9 Å². The maximum Gasteiger partial charge on any atom is 0.373 e. The third-order valence-electron chi connectivity index (χ3n) is 3.10. The van der Waals surface area contributed by atoms with Crippen molar-refractivity contribution in [2.75, 3.05) is 7.11 Å². The van der Waals surface area contributed by atoms with Crippen molar-refractivity contribution in [1.82, 2.24) is 9.38 Å². The van der Waals surface area contributed by atoms with E-state index in [2.05, 4.69) is 9.72 Å². The molecule has 5 nitrogen and oxygen atoms in total. The highest BCUT2D eigenvalue weighted by molar-refractivity contribution is 7.99. The fourth-order valence-corrected chi connectivity index (χ4v) is 2.96. The van der Waals surface area contributed by atoms with Crippen LogP contribution in [0.3, 0.4) is 0 Å². The SMILES string of the molecule is COC(=O)c1ccc(C(C)Sc2ncc3ccccn23)o1. The summed E-state index contributed by atoms with van der Waals surface area (Å²) in [5, 5.41) is 0.920. The molecule has 108 valence electrons. The predicted octanol–water partition coefficient (Wildman–Crippen LogP) is 3.57. The molecule has 3 rings (SSSR count). The Hall–Kier alpha value is -2.21. The number of imidazole rings is 1. The number of ether oxygens (including phenoxy) is 1. The smallest absolute Gasteiger partial charge is 0.373 e. The molecule has 0 amide bonds. The molecule has 3 heterocycles. The number of methoxy groups -OCH3 is 1. The van der Waals surface area contributed by atoms with E-state index in [-0.39, 0.29) is 11.0 Å². The topological polar surface area (TPSA) is 56.7 Å². The second kappa shape index (κ2) is 5.65. The zero-order valence-corrected chi connectivity index (χ0v) is 12.5. The van der Waals surface area contributed by atoms with E-state index in [1.165, 1.54) is 7.11 Å². The molecule has 1 atom stereocenters. The summed E-state index contributed by atoms with van der Waals surface area (Å²) in [6, 6.07) is 9.36. The van der Waals surface area contributed by atoms with Gasteiger partial charge in [0.2, 0.25) is 5.76 Å². The zero-order chi connectivity index (χ0) is 14.8. The number of carbonyl (C=O) groups excluding carboxylic acids is 1. The largest absolute Gasteiger partial charge is 0.463 e. The molecule has 0 spiro atoms. The highest BCUT2D eigenvalue weighted by Gasteiger charge is 2.18. The van der Waals surface area contributed by atoms with E-state index < -0.39 is 5.97 Å². The molecule has 21 heavy (non-hydrogen) atoms. The minimum absolute atomic E-state index is 0.0363. The molecule has 3 aromatic rings. The maximum atomic E-state index is 11.4. The zero-order valence-electron chi connectivity index (χ0n) is 11.6. The molecule has 0 bridgehead atoms.